The first-order chi connectivity index (χ1) is 12.6. The van der Waals surface area contributed by atoms with Crippen LogP contribution in [-0.4, -0.2) is 22.5 Å². The smallest absolute Gasteiger partial charge is 0.189 e. The number of nitrogens with zero attached hydrogens (tertiary/aromatic N) is 2. The van der Waals surface area contributed by atoms with E-state index in [1.54, 1.807) is 12.1 Å². The maximum Gasteiger partial charge on any atom is 0.189 e. The molecule has 7 heteroatoms. The lowest BCUT2D eigenvalue weighted by Crippen LogP contribution is -2.06. The summed E-state index contributed by atoms with van der Waals surface area (Å²) in [5.41, 5.74) is 2.77. The van der Waals surface area contributed by atoms with Crippen LogP contribution in [-0.2, 0) is 11.2 Å². The van der Waals surface area contributed by atoms with E-state index in [1.165, 1.54) is 11.8 Å². The van der Waals surface area contributed by atoms with Crippen molar-refractivity contribution >= 4 is 52.8 Å². The number of carbonyl (C=O) groups is 1. The summed E-state index contributed by atoms with van der Waals surface area (Å²) >= 11 is 14.0. The van der Waals surface area contributed by atoms with Gasteiger partial charge in [0.25, 0.3) is 0 Å². The average Bonchev–Trinajstić information content (AvgIpc) is 2.65. The Hall–Kier alpha value is -2.08. The summed E-state index contributed by atoms with van der Waals surface area (Å²) in [6, 6.07) is 14.8. The maximum absolute atomic E-state index is 11.3. The zero-order valence-electron chi connectivity index (χ0n) is 13.9. The third-order valence-electron chi connectivity index (χ3n) is 3.71. The highest BCUT2D eigenvalue weighted by Gasteiger charge is 2.18. The highest BCUT2D eigenvalue weighted by Crippen LogP contribution is 2.35. The van der Waals surface area contributed by atoms with Gasteiger partial charge >= 0.3 is 0 Å². The normalized spacial score (nSPS) is 10.6. The number of aromatic nitrogens is 2. The summed E-state index contributed by atoms with van der Waals surface area (Å²) < 4.78 is 0. The van der Waals surface area contributed by atoms with Gasteiger partial charge in [-0.1, -0.05) is 65.3 Å². The van der Waals surface area contributed by atoms with E-state index >= 15 is 0 Å². The molecule has 0 saturated carbocycles. The summed E-state index contributed by atoms with van der Waals surface area (Å²) in [6.07, 6.45) is 2.88. The molecule has 0 aliphatic carbocycles. The topological polar surface area (TPSA) is 54.9 Å². The van der Waals surface area contributed by atoms with Crippen LogP contribution >= 0.6 is 35.0 Å². The molecular weight excluding hydrogens is 389 g/mol. The van der Waals surface area contributed by atoms with Crippen molar-refractivity contribution < 1.29 is 4.79 Å². The molecule has 3 rings (SSSR count). The van der Waals surface area contributed by atoms with Crippen LogP contribution in [0.5, 0.6) is 0 Å². The molecule has 0 saturated heterocycles. The van der Waals surface area contributed by atoms with Crippen molar-refractivity contribution in [3.05, 3.63) is 64.1 Å². The van der Waals surface area contributed by atoms with Crippen LogP contribution in [0.15, 0.2) is 53.7 Å². The highest BCUT2D eigenvalue weighted by atomic mass is 35.5. The van der Waals surface area contributed by atoms with Gasteiger partial charge in [0.05, 0.1) is 16.4 Å². The molecule has 0 radical (unpaired) electrons. The summed E-state index contributed by atoms with van der Waals surface area (Å²) in [7, 11) is 0. The van der Waals surface area contributed by atoms with Crippen molar-refractivity contribution in [2.45, 2.75) is 11.6 Å². The lowest BCUT2D eigenvalue weighted by atomic mass is 10.0. The Kier molecular flexibility index (Phi) is 6.14. The van der Waals surface area contributed by atoms with Gasteiger partial charge in [0.1, 0.15) is 12.1 Å². The predicted octanol–water partition coefficient (Wildman–Crippen LogP) is 5.66. The fraction of sp³-hybridized carbons (Fsp3) is 0.105. The van der Waals surface area contributed by atoms with E-state index in [4.69, 9.17) is 23.2 Å². The second kappa shape index (κ2) is 8.54. The Bertz CT molecular complexity index is 950. The summed E-state index contributed by atoms with van der Waals surface area (Å²) in [5, 5.41) is 4.93. The molecule has 1 N–H and O–H groups in total. The highest BCUT2D eigenvalue weighted by molar-refractivity contribution is 7.98. The molecule has 1 aromatic heterocycles. The van der Waals surface area contributed by atoms with Crippen LogP contribution in [0.25, 0.3) is 11.3 Å². The third-order valence-corrected chi connectivity index (χ3v) is 4.92. The van der Waals surface area contributed by atoms with Gasteiger partial charge < -0.3 is 10.1 Å². The van der Waals surface area contributed by atoms with Gasteiger partial charge in [0.2, 0.25) is 0 Å². The van der Waals surface area contributed by atoms with Gasteiger partial charge in [-0.25, -0.2) is 9.97 Å². The largest absolute Gasteiger partial charge is 0.339 e. The molecular formula is C19H15Cl2N3OS. The Balaban J connectivity index is 2.20. The van der Waals surface area contributed by atoms with Gasteiger partial charge in [0.15, 0.2) is 5.16 Å². The van der Waals surface area contributed by atoms with E-state index in [0.29, 0.717) is 38.0 Å². The number of anilines is 2. The number of carbonyl (C=O) groups excluding carboxylic acids is 1. The van der Waals surface area contributed by atoms with Crippen LogP contribution in [0.4, 0.5) is 11.5 Å². The Labute approximate surface area is 166 Å². The third kappa shape index (κ3) is 4.01. The van der Waals surface area contributed by atoms with E-state index in [9.17, 15) is 4.79 Å². The van der Waals surface area contributed by atoms with Crippen molar-refractivity contribution in [3.63, 3.8) is 0 Å². The monoisotopic (exact) mass is 403 g/mol. The van der Waals surface area contributed by atoms with E-state index < -0.39 is 0 Å². The standard InChI is InChI=1S/C19H15Cl2N3OS/c1-26-19-23-17(12-6-2-3-7-14(12)20)13(10-11-25)18(24-19)22-16-9-5-4-8-15(16)21/h2-9,11H,10H2,1H3,(H,22,23,24). The molecule has 2 aromatic carbocycles. The lowest BCUT2D eigenvalue weighted by Gasteiger charge is -2.16. The van der Waals surface area contributed by atoms with Crippen LogP contribution in [0, 0.1) is 0 Å². The molecule has 3 aromatic rings. The van der Waals surface area contributed by atoms with Crippen LogP contribution in [0.3, 0.4) is 0 Å². The molecule has 0 atom stereocenters. The number of para-hydroxylation sites is 1. The quantitative estimate of drug-likeness (QED) is 0.327. The van der Waals surface area contributed by atoms with Crippen LogP contribution < -0.4 is 5.32 Å². The van der Waals surface area contributed by atoms with Gasteiger partial charge in [-0.05, 0) is 24.5 Å². The molecule has 0 aliphatic rings. The number of thioether (sulfide) groups is 1. The van der Waals surface area contributed by atoms with Crippen molar-refractivity contribution in [3.8, 4) is 11.3 Å². The zero-order valence-corrected chi connectivity index (χ0v) is 16.2. The van der Waals surface area contributed by atoms with E-state index in [1.807, 2.05) is 42.7 Å². The summed E-state index contributed by atoms with van der Waals surface area (Å²) in [6.45, 7) is 0. The molecule has 0 spiro atoms. The minimum Gasteiger partial charge on any atom is -0.339 e. The molecule has 132 valence electrons. The number of rotatable bonds is 6. The van der Waals surface area contributed by atoms with Crippen LogP contribution in [0.1, 0.15) is 5.56 Å². The van der Waals surface area contributed by atoms with Gasteiger partial charge in [0, 0.05) is 22.6 Å². The fourth-order valence-electron chi connectivity index (χ4n) is 2.50. The minimum atomic E-state index is 0.155. The van der Waals surface area contributed by atoms with Crippen LogP contribution in [0.2, 0.25) is 10.0 Å². The predicted molar refractivity (Wildman–Crippen MR) is 109 cm³/mol. The molecule has 4 nitrogen and oxygen atoms in total. The fourth-order valence-corrected chi connectivity index (χ4v) is 3.27. The van der Waals surface area contributed by atoms with Gasteiger partial charge in [-0.3, -0.25) is 0 Å². The SMILES string of the molecule is CSc1nc(Nc2ccccc2Cl)c(CC=O)c(-c2ccccc2Cl)n1. The van der Waals surface area contributed by atoms with E-state index in [2.05, 4.69) is 15.3 Å². The summed E-state index contributed by atoms with van der Waals surface area (Å²) in [4.78, 5) is 20.5. The van der Waals surface area contributed by atoms with Crippen molar-refractivity contribution in [2.75, 3.05) is 11.6 Å². The van der Waals surface area contributed by atoms with Gasteiger partial charge in [-0.2, -0.15) is 0 Å². The Morgan fingerprint density at radius 1 is 1.04 bits per heavy atom. The molecule has 1 heterocycles. The number of aldehydes is 1. The Morgan fingerprint density at radius 3 is 2.38 bits per heavy atom. The average molecular weight is 404 g/mol. The summed E-state index contributed by atoms with van der Waals surface area (Å²) in [5.74, 6) is 0.541. The van der Waals surface area contributed by atoms with E-state index in [-0.39, 0.29) is 6.42 Å². The number of nitrogens with one attached hydrogen (secondary N) is 1. The second-order valence-electron chi connectivity index (χ2n) is 5.34. The number of hydrogen-bond donors (Lipinski definition) is 1. The van der Waals surface area contributed by atoms with E-state index in [0.717, 1.165) is 11.8 Å². The second-order valence-corrected chi connectivity index (χ2v) is 6.93. The number of hydrogen-bond acceptors (Lipinski definition) is 5. The Morgan fingerprint density at radius 2 is 1.73 bits per heavy atom. The number of benzene rings is 2. The first-order valence-corrected chi connectivity index (χ1v) is 9.77. The molecule has 0 fully saturated rings. The molecule has 0 unspecified atom stereocenters. The molecule has 26 heavy (non-hydrogen) atoms. The van der Waals surface area contributed by atoms with Crippen molar-refractivity contribution in [2.24, 2.45) is 0 Å². The molecule has 0 aliphatic heterocycles. The van der Waals surface area contributed by atoms with Crippen molar-refractivity contribution in [1.82, 2.24) is 9.97 Å². The van der Waals surface area contributed by atoms with Crippen molar-refractivity contribution in [1.29, 1.82) is 0 Å². The molecule has 0 amide bonds. The first-order valence-electron chi connectivity index (χ1n) is 7.79. The minimum absolute atomic E-state index is 0.155. The first kappa shape index (κ1) is 18.7. The number of halogens is 2. The lowest BCUT2D eigenvalue weighted by molar-refractivity contribution is -0.107. The maximum atomic E-state index is 11.3. The molecule has 0 bridgehead atoms. The van der Waals surface area contributed by atoms with Gasteiger partial charge in [-0.15, -0.1) is 0 Å². The zero-order chi connectivity index (χ0) is 18.5.